The number of benzene rings is 2. The van der Waals surface area contributed by atoms with Crippen molar-refractivity contribution in [2.24, 2.45) is 0 Å². The van der Waals surface area contributed by atoms with Gasteiger partial charge in [0.25, 0.3) is 0 Å². The number of para-hydroxylation sites is 2. The second-order valence-electron chi connectivity index (χ2n) is 5.36. The summed E-state index contributed by atoms with van der Waals surface area (Å²) in [5, 5.41) is 15.7. The molecule has 0 radical (unpaired) electrons. The van der Waals surface area contributed by atoms with Gasteiger partial charge in [-0.1, -0.05) is 36.4 Å². The Balaban J connectivity index is 1.90. The van der Waals surface area contributed by atoms with E-state index < -0.39 is 5.97 Å². The molecule has 0 bridgehead atoms. The molecule has 0 aliphatic heterocycles. The lowest BCUT2D eigenvalue weighted by atomic mass is 10.2. The van der Waals surface area contributed by atoms with E-state index in [2.05, 4.69) is 15.6 Å². The second-order valence-corrected chi connectivity index (χ2v) is 5.36. The average molecular weight is 319 g/mol. The number of pyridine rings is 1. The zero-order chi connectivity index (χ0) is 16.9. The van der Waals surface area contributed by atoms with Crippen molar-refractivity contribution in [3.63, 3.8) is 0 Å². The summed E-state index contributed by atoms with van der Waals surface area (Å²) >= 11 is 0. The van der Waals surface area contributed by atoms with Crippen LogP contribution < -0.4 is 10.6 Å². The van der Waals surface area contributed by atoms with Crippen LogP contribution in [0.1, 0.15) is 15.9 Å². The predicted octanol–water partition coefficient (Wildman–Crippen LogP) is 4.58. The first-order chi connectivity index (χ1) is 11.6. The van der Waals surface area contributed by atoms with Crippen molar-refractivity contribution in [1.29, 1.82) is 0 Å². The largest absolute Gasteiger partial charge is 0.478 e. The van der Waals surface area contributed by atoms with Crippen LogP contribution in [0.25, 0.3) is 0 Å². The van der Waals surface area contributed by atoms with Crippen molar-refractivity contribution in [3.8, 4) is 0 Å². The molecule has 1 heterocycles. The maximum Gasteiger partial charge on any atom is 0.339 e. The molecule has 0 spiro atoms. The third kappa shape index (κ3) is 3.52. The molecule has 0 saturated carbocycles. The lowest BCUT2D eigenvalue weighted by Gasteiger charge is -2.13. The Bertz CT molecular complexity index is 863. The minimum atomic E-state index is -1.03. The number of hydrogen-bond acceptors (Lipinski definition) is 4. The van der Waals surface area contributed by atoms with Crippen LogP contribution in [-0.2, 0) is 0 Å². The first-order valence-electron chi connectivity index (χ1n) is 7.51. The van der Waals surface area contributed by atoms with Crippen molar-refractivity contribution in [2.45, 2.75) is 6.92 Å². The number of hydrogen-bond donors (Lipinski definition) is 3. The first-order valence-corrected chi connectivity index (χ1v) is 7.51. The molecular formula is C19H17N3O2. The number of nitrogens with one attached hydrogen (secondary N) is 2. The molecular weight excluding hydrogens is 302 g/mol. The Labute approximate surface area is 140 Å². The van der Waals surface area contributed by atoms with Crippen molar-refractivity contribution in [2.75, 3.05) is 10.6 Å². The highest BCUT2D eigenvalue weighted by Gasteiger charge is 2.13. The van der Waals surface area contributed by atoms with E-state index in [4.69, 9.17) is 0 Å². The summed E-state index contributed by atoms with van der Waals surface area (Å²) in [5.41, 5.74) is 3.50. The maximum atomic E-state index is 11.6. The van der Waals surface area contributed by atoms with Gasteiger partial charge >= 0.3 is 5.97 Å². The van der Waals surface area contributed by atoms with Gasteiger partial charge in [-0.2, -0.15) is 0 Å². The summed E-state index contributed by atoms with van der Waals surface area (Å²) < 4.78 is 0. The fraction of sp³-hybridized carbons (Fsp3) is 0.0526. The molecule has 0 aliphatic rings. The molecule has 0 amide bonds. The molecule has 120 valence electrons. The van der Waals surface area contributed by atoms with Crippen LogP contribution in [0.3, 0.4) is 0 Å². The van der Waals surface area contributed by atoms with E-state index in [1.807, 2.05) is 61.5 Å². The van der Waals surface area contributed by atoms with Crippen LogP contribution in [-0.4, -0.2) is 16.1 Å². The van der Waals surface area contributed by atoms with Crippen LogP contribution in [0.4, 0.5) is 22.9 Å². The Kier molecular flexibility index (Phi) is 4.43. The molecule has 3 aromatic rings. The molecule has 2 aromatic carbocycles. The smallest absolute Gasteiger partial charge is 0.339 e. The van der Waals surface area contributed by atoms with Crippen molar-refractivity contribution < 1.29 is 9.90 Å². The number of rotatable bonds is 5. The van der Waals surface area contributed by atoms with Crippen LogP contribution >= 0.6 is 0 Å². The monoisotopic (exact) mass is 319 g/mol. The number of carbonyl (C=O) groups is 1. The van der Waals surface area contributed by atoms with E-state index in [1.165, 1.54) is 0 Å². The van der Waals surface area contributed by atoms with Gasteiger partial charge < -0.3 is 15.7 Å². The number of anilines is 4. The number of aryl methyl sites for hydroxylation is 1. The molecule has 5 nitrogen and oxygen atoms in total. The van der Waals surface area contributed by atoms with E-state index in [9.17, 15) is 9.90 Å². The van der Waals surface area contributed by atoms with E-state index in [-0.39, 0.29) is 5.56 Å². The van der Waals surface area contributed by atoms with Gasteiger partial charge in [-0.05, 0) is 36.8 Å². The van der Waals surface area contributed by atoms with Crippen LogP contribution in [0, 0.1) is 6.92 Å². The van der Waals surface area contributed by atoms with E-state index in [1.54, 1.807) is 12.3 Å². The lowest BCUT2D eigenvalue weighted by molar-refractivity contribution is 0.0697. The minimum absolute atomic E-state index is 0.109. The summed E-state index contributed by atoms with van der Waals surface area (Å²) in [4.78, 5) is 15.8. The van der Waals surface area contributed by atoms with Crippen LogP contribution in [0.5, 0.6) is 0 Å². The second kappa shape index (κ2) is 6.83. The highest BCUT2D eigenvalue weighted by molar-refractivity contribution is 5.95. The Morgan fingerprint density at radius 1 is 0.958 bits per heavy atom. The summed E-state index contributed by atoms with van der Waals surface area (Å²) in [6.45, 7) is 1.99. The van der Waals surface area contributed by atoms with E-state index >= 15 is 0 Å². The van der Waals surface area contributed by atoms with Gasteiger partial charge in [0.2, 0.25) is 0 Å². The number of carboxylic acid groups (broad SMARTS) is 1. The van der Waals surface area contributed by atoms with Crippen LogP contribution in [0.2, 0.25) is 0 Å². The molecule has 24 heavy (non-hydrogen) atoms. The number of nitrogens with zero attached hydrogens (tertiary/aromatic N) is 1. The maximum absolute atomic E-state index is 11.6. The fourth-order valence-electron chi connectivity index (χ4n) is 2.32. The summed E-state index contributed by atoms with van der Waals surface area (Å²) in [6, 6.07) is 18.7. The topological polar surface area (TPSA) is 74.2 Å². The third-order valence-corrected chi connectivity index (χ3v) is 3.58. The van der Waals surface area contributed by atoms with Crippen molar-refractivity contribution in [1.82, 2.24) is 4.98 Å². The molecule has 0 fully saturated rings. The number of aromatic nitrogens is 1. The SMILES string of the molecule is Cc1ccccc1Nc1cnc(Nc2ccccc2)c(C(=O)O)c1. The van der Waals surface area contributed by atoms with Gasteiger partial charge in [0.1, 0.15) is 11.4 Å². The quantitative estimate of drug-likeness (QED) is 0.642. The first kappa shape index (κ1) is 15.6. The van der Waals surface area contributed by atoms with Crippen molar-refractivity contribution in [3.05, 3.63) is 78.0 Å². The van der Waals surface area contributed by atoms with Gasteiger partial charge in [-0.15, -0.1) is 0 Å². The predicted molar refractivity (Wildman–Crippen MR) is 95.4 cm³/mol. The molecule has 0 aliphatic carbocycles. The highest BCUT2D eigenvalue weighted by Crippen LogP contribution is 2.25. The van der Waals surface area contributed by atoms with Gasteiger partial charge in [0.15, 0.2) is 0 Å². The molecule has 0 atom stereocenters. The summed E-state index contributed by atoms with van der Waals surface area (Å²) in [5.74, 6) is -0.724. The van der Waals surface area contributed by atoms with E-state index in [0.29, 0.717) is 11.5 Å². The zero-order valence-corrected chi connectivity index (χ0v) is 13.2. The van der Waals surface area contributed by atoms with Gasteiger partial charge in [0.05, 0.1) is 11.9 Å². The van der Waals surface area contributed by atoms with E-state index in [0.717, 1.165) is 16.9 Å². The standard InChI is InChI=1S/C19H17N3O2/c1-13-7-5-6-10-17(13)21-15-11-16(19(23)24)18(20-12-15)22-14-8-3-2-4-9-14/h2-12,21H,1H3,(H,20,22)(H,23,24). The molecule has 3 rings (SSSR count). The molecule has 0 unspecified atom stereocenters. The zero-order valence-electron chi connectivity index (χ0n) is 13.2. The number of carboxylic acids is 1. The molecule has 5 heteroatoms. The Morgan fingerprint density at radius 3 is 2.38 bits per heavy atom. The summed E-state index contributed by atoms with van der Waals surface area (Å²) in [6.07, 6.45) is 1.62. The lowest BCUT2D eigenvalue weighted by Crippen LogP contribution is -2.06. The van der Waals surface area contributed by atoms with Crippen LogP contribution in [0.15, 0.2) is 66.9 Å². The van der Waals surface area contributed by atoms with Crippen molar-refractivity contribution >= 4 is 28.8 Å². The Hall–Kier alpha value is -3.34. The van der Waals surface area contributed by atoms with Gasteiger partial charge in [-0.25, -0.2) is 9.78 Å². The highest BCUT2D eigenvalue weighted by atomic mass is 16.4. The van der Waals surface area contributed by atoms with Gasteiger partial charge in [-0.3, -0.25) is 0 Å². The third-order valence-electron chi connectivity index (χ3n) is 3.58. The Morgan fingerprint density at radius 2 is 1.67 bits per heavy atom. The van der Waals surface area contributed by atoms with Gasteiger partial charge in [0, 0.05) is 11.4 Å². The number of aromatic carboxylic acids is 1. The molecule has 0 saturated heterocycles. The fourth-order valence-corrected chi connectivity index (χ4v) is 2.32. The molecule has 1 aromatic heterocycles. The molecule has 3 N–H and O–H groups in total. The summed E-state index contributed by atoms with van der Waals surface area (Å²) in [7, 11) is 0. The normalized spacial score (nSPS) is 10.2. The minimum Gasteiger partial charge on any atom is -0.478 e. The average Bonchev–Trinajstić information content (AvgIpc) is 2.59.